The Balaban J connectivity index is 2.47. The van der Waals surface area contributed by atoms with Gasteiger partial charge in [-0.25, -0.2) is 4.79 Å². The van der Waals surface area contributed by atoms with Gasteiger partial charge >= 0.3 is 5.97 Å². The van der Waals surface area contributed by atoms with Crippen molar-refractivity contribution < 1.29 is 14.3 Å². The van der Waals surface area contributed by atoms with Gasteiger partial charge in [0.25, 0.3) is 5.91 Å². The van der Waals surface area contributed by atoms with Crippen molar-refractivity contribution >= 4 is 29.6 Å². The third kappa shape index (κ3) is 5.01. The van der Waals surface area contributed by atoms with Crippen molar-refractivity contribution in [3.63, 3.8) is 0 Å². The number of rotatable bonds is 4. The van der Waals surface area contributed by atoms with Gasteiger partial charge in [-0.3, -0.25) is 4.79 Å². The maximum Gasteiger partial charge on any atom is 0.331 e. The Kier molecular flexibility index (Phi) is 5.39. The van der Waals surface area contributed by atoms with Crippen LogP contribution in [-0.2, 0) is 14.3 Å². The molecule has 96 valence electrons. The second kappa shape index (κ2) is 6.81. The van der Waals surface area contributed by atoms with E-state index in [1.165, 1.54) is 11.0 Å². The molecule has 1 aromatic rings. The van der Waals surface area contributed by atoms with E-state index in [4.69, 9.17) is 16.3 Å². The topological polar surface area (TPSA) is 46.6 Å². The SMILES string of the molecule is CN(C)C(=O)COC(=O)C=Cc1cccc(Cl)c1. The van der Waals surface area contributed by atoms with Gasteiger partial charge in [0.05, 0.1) is 0 Å². The summed E-state index contributed by atoms with van der Waals surface area (Å²) in [7, 11) is 3.19. The first kappa shape index (κ1) is 14.3. The second-order valence-corrected chi connectivity index (χ2v) is 4.22. The zero-order valence-electron chi connectivity index (χ0n) is 10.2. The molecule has 0 aliphatic heterocycles. The van der Waals surface area contributed by atoms with E-state index in [2.05, 4.69) is 0 Å². The van der Waals surface area contributed by atoms with Crippen LogP contribution in [0.3, 0.4) is 0 Å². The fourth-order valence-corrected chi connectivity index (χ4v) is 1.28. The molecule has 5 heteroatoms. The van der Waals surface area contributed by atoms with Crippen LogP contribution in [0.4, 0.5) is 0 Å². The van der Waals surface area contributed by atoms with Crippen molar-refractivity contribution in [2.45, 2.75) is 0 Å². The lowest BCUT2D eigenvalue weighted by atomic mass is 10.2. The predicted octanol–water partition coefficient (Wildman–Crippen LogP) is 1.98. The number of likely N-dealkylation sites (N-methyl/N-ethyl adjacent to an activating group) is 1. The molecule has 0 saturated heterocycles. The number of carbonyl (C=O) groups excluding carboxylic acids is 2. The lowest BCUT2D eigenvalue weighted by Crippen LogP contribution is -2.27. The van der Waals surface area contributed by atoms with Gasteiger partial charge in [-0.1, -0.05) is 23.7 Å². The number of hydrogen-bond acceptors (Lipinski definition) is 3. The number of carbonyl (C=O) groups is 2. The van der Waals surface area contributed by atoms with Crippen LogP contribution < -0.4 is 0 Å². The minimum absolute atomic E-state index is 0.258. The number of ether oxygens (including phenoxy) is 1. The quantitative estimate of drug-likeness (QED) is 0.619. The number of halogens is 1. The number of benzene rings is 1. The van der Waals surface area contributed by atoms with Gasteiger partial charge in [0.1, 0.15) is 0 Å². The molecule has 0 N–H and O–H groups in total. The van der Waals surface area contributed by atoms with Gasteiger partial charge in [0, 0.05) is 25.2 Å². The molecule has 18 heavy (non-hydrogen) atoms. The van der Waals surface area contributed by atoms with E-state index >= 15 is 0 Å². The third-order valence-electron chi connectivity index (χ3n) is 2.10. The number of hydrogen-bond donors (Lipinski definition) is 0. The predicted molar refractivity (Wildman–Crippen MR) is 70.1 cm³/mol. The Morgan fingerprint density at radius 2 is 2.11 bits per heavy atom. The van der Waals surface area contributed by atoms with Crippen molar-refractivity contribution in [3.8, 4) is 0 Å². The van der Waals surface area contributed by atoms with Crippen LogP contribution >= 0.6 is 11.6 Å². The van der Waals surface area contributed by atoms with E-state index in [-0.39, 0.29) is 12.5 Å². The van der Waals surface area contributed by atoms with Gasteiger partial charge in [-0.05, 0) is 23.8 Å². The Morgan fingerprint density at radius 3 is 2.72 bits per heavy atom. The maximum atomic E-state index is 11.3. The molecular formula is C13H14ClNO3. The molecule has 0 atom stereocenters. The Bertz CT molecular complexity index is 469. The van der Waals surface area contributed by atoms with Crippen LogP contribution in [0.5, 0.6) is 0 Å². The molecule has 0 saturated carbocycles. The third-order valence-corrected chi connectivity index (χ3v) is 2.33. The molecule has 0 aromatic heterocycles. The first-order chi connectivity index (χ1) is 8.49. The minimum Gasteiger partial charge on any atom is -0.452 e. The zero-order valence-corrected chi connectivity index (χ0v) is 11.0. The molecule has 0 unspecified atom stereocenters. The van der Waals surface area contributed by atoms with Gasteiger partial charge in [0.2, 0.25) is 0 Å². The molecule has 1 amide bonds. The van der Waals surface area contributed by atoms with Crippen LogP contribution in [-0.4, -0.2) is 37.5 Å². The first-order valence-corrected chi connectivity index (χ1v) is 5.67. The Morgan fingerprint density at radius 1 is 1.39 bits per heavy atom. The zero-order chi connectivity index (χ0) is 13.5. The van der Waals surface area contributed by atoms with Crippen molar-refractivity contribution in [2.75, 3.05) is 20.7 Å². The molecular weight excluding hydrogens is 254 g/mol. The summed E-state index contributed by atoms with van der Waals surface area (Å²) in [6.07, 6.45) is 2.84. The summed E-state index contributed by atoms with van der Waals surface area (Å²) in [6.45, 7) is -0.258. The fourth-order valence-electron chi connectivity index (χ4n) is 1.08. The highest BCUT2D eigenvalue weighted by Crippen LogP contribution is 2.11. The van der Waals surface area contributed by atoms with Gasteiger partial charge in [-0.15, -0.1) is 0 Å². The fraction of sp³-hybridized carbons (Fsp3) is 0.231. The molecule has 0 spiro atoms. The van der Waals surface area contributed by atoms with Crippen LogP contribution in [0.15, 0.2) is 30.3 Å². The van der Waals surface area contributed by atoms with Crippen LogP contribution in [0.2, 0.25) is 5.02 Å². The maximum absolute atomic E-state index is 11.3. The van der Waals surface area contributed by atoms with E-state index in [0.717, 1.165) is 5.56 Å². The minimum atomic E-state index is -0.565. The normalized spacial score (nSPS) is 10.4. The van der Waals surface area contributed by atoms with E-state index in [9.17, 15) is 9.59 Å². The summed E-state index contributed by atoms with van der Waals surface area (Å²) in [5, 5.41) is 0.591. The van der Waals surface area contributed by atoms with Gasteiger partial charge in [-0.2, -0.15) is 0 Å². The average Bonchev–Trinajstić information content (AvgIpc) is 2.33. The van der Waals surface area contributed by atoms with E-state index in [1.54, 1.807) is 44.4 Å². The number of esters is 1. The number of amides is 1. The molecule has 1 rings (SSSR count). The summed E-state index contributed by atoms with van der Waals surface area (Å²) < 4.78 is 4.77. The molecule has 0 heterocycles. The summed E-state index contributed by atoms with van der Waals surface area (Å²) in [4.78, 5) is 23.8. The van der Waals surface area contributed by atoms with Crippen molar-refractivity contribution in [2.24, 2.45) is 0 Å². The van der Waals surface area contributed by atoms with E-state index < -0.39 is 5.97 Å². The summed E-state index contributed by atoms with van der Waals surface area (Å²) in [5.74, 6) is -0.829. The highest BCUT2D eigenvalue weighted by Gasteiger charge is 2.06. The molecule has 4 nitrogen and oxygen atoms in total. The summed E-state index contributed by atoms with van der Waals surface area (Å²) in [6, 6.07) is 7.05. The average molecular weight is 268 g/mol. The van der Waals surface area contributed by atoms with Crippen molar-refractivity contribution in [1.29, 1.82) is 0 Å². The smallest absolute Gasteiger partial charge is 0.331 e. The largest absolute Gasteiger partial charge is 0.452 e. The van der Waals surface area contributed by atoms with Crippen molar-refractivity contribution in [3.05, 3.63) is 40.9 Å². The number of nitrogens with zero attached hydrogens (tertiary/aromatic N) is 1. The van der Waals surface area contributed by atoms with Gasteiger partial charge in [0.15, 0.2) is 6.61 Å². The van der Waals surface area contributed by atoms with Crippen LogP contribution in [0.25, 0.3) is 6.08 Å². The molecule has 1 aromatic carbocycles. The second-order valence-electron chi connectivity index (χ2n) is 3.78. The van der Waals surface area contributed by atoms with E-state index in [0.29, 0.717) is 5.02 Å². The van der Waals surface area contributed by atoms with E-state index in [1.807, 2.05) is 0 Å². The molecule has 0 fully saturated rings. The lowest BCUT2D eigenvalue weighted by molar-refractivity contribution is -0.146. The summed E-state index contributed by atoms with van der Waals surface area (Å²) in [5.41, 5.74) is 0.790. The standard InChI is InChI=1S/C13H14ClNO3/c1-15(2)12(16)9-18-13(17)7-6-10-4-3-5-11(14)8-10/h3-8H,9H2,1-2H3. The van der Waals surface area contributed by atoms with Crippen LogP contribution in [0, 0.1) is 0 Å². The van der Waals surface area contributed by atoms with Crippen molar-refractivity contribution in [1.82, 2.24) is 4.90 Å². The Hall–Kier alpha value is -1.81. The highest BCUT2D eigenvalue weighted by atomic mass is 35.5. The molecule has 0 aliphatic carbocycles. The molecule has 0 aliphatic rings. The monoisotopic (exact) mass is 267 g/mol. The first-order valence-electron chi connectivity index (χ1n) is 5.29. The Labute approximate surface area is 111 Å². The molecule has 0 radical (unpaired) electrons. The summed E-state index contributed by atoms with van der Waals surface area (Å²) >= 11 is 5.80. The lowest BCUT2D eigenvalue weighted by Gasteiger charge is -2.09. The molecule has 0 bridgehead atoms. The van der Waals surface area contributed by atoms with Crippen LogP contribution in [0.1, 0.15) is 5.56 Å². The highest BCUT2D eigenvalue weighted by molar-refractivity contribution is 6.30. The van der Waals surface area contributed by atoms with Gasteiger partial charge < -0.3 is 9.64 Å².